The molecule has 9 heteroatoms. The molecule has 1 saturated heterocycles. The van der Waals surface area contributed by atoms with Gasteiger partial charge in [-0.15, -0.1) is 0 Å². The standard InChI is InChI=1S/C22H23ClFN3O4/c1-12(28)26-9-14(10-26)22(2,30)13-6-17-19(18(24)7-13)21(31-3)27(20(17)29)11-16-5-4-15(23)8-25-16/h4-8,14,21,30H,9-11H2,1-3H3. The molecule has 2 aromatic rings. The van der Waals surface area contributed by atoms with E-state index in [0.29, 0.717) is 29.4 Å². The lowest BCUT2D eigenvalue weighted by atomic mass is 9.77. The molecule has 0 bridgehead atoms. The summed E-state index contributed by atoms with van der Waals surface area (Å²) < 4.78 is 20.6. The van der Waals surface area contributed by atoms with Crippen LogP contribution in [0.4, 0.5) is 4.39 Å². The maximum absolute atomic E-state index is 15.2. The Balaban J connectivity index is 1.64. The number of hydrogen-bond acceptors (Lipinski definition) is 5. The van der Waals surface area contributed by atoms with E-state index in [1.165, 1.54) is 37.3 Å². The van der Waals surface area contributed by atoms with Crippen LogP contribution in [0.15, 0.2) is 30.5 Å². The number of fused-ring (bicyclic) bond motifs is 1. The second kappa shape index (κ2) is 7.85. The molecule has 7 nitrogen and oxygen atoms in total. The molecule has 0 radical (unpaired) electrons. The van der Waals surface area contributed by atoms with E-state index in [2.05, 4.69) is 4.98 Å². The maximum atomic E-state index is 15.2. The van der Waals surface area contributed by atoms with E-state index in [1.807, 2.05) is 0 Å². The number of nitrogens with zero attached hydrogens (tertiary/aromatic N) is 3. The van der Waals surface area contributed by atoms with E-state index in [-0.39, 0.29) is 29.5 Å². The summed E-state index contributed by atoms with van der Waals surface area (Å²) in [6.07, 6.45) is 0.571. The molecule has 1 fully saturated rings. The predicted molar refractivity (Wildman–Crippen MR) is 111 cm³/mol. The lowest BCUT2D eigenvalue weighted by Crippen LogP contribution is -2.56. The molecule has 2 aliphatic rings. The van der Waals surface area contributed by atoms with Gasteiger partial charge in [-0.05, 0) is 36.8 Å². The summed E-state index contributed by atoms with van der Waals surface area (Å²) in [5.74, 6) is -1.36. The van der Waals surface area contributed by atoms with Crippen LogP contribution in [0.2, 0.25) is 5.02 Å². The number of hydrogen-bond donors (Lipinski definition) is 1. The minimum absolute atomic E-state index is 0.0725. The fourth-order valence-electron chi connectivity index (χ4n) is 4.16. The Kier molecular flexibility index (Phi) is 5.49. The topological polar surface area (TPSA) is 83.0 Å². The largest absolute Gasteiger partial charge is 0.385 e. The van der Waals surface area contributed by atoms with Gasteiger partial charge in [0.2, 0.25) is 5.91 Å². The Hall–Kier alpha value is -2.55. The van der Waals surface area contributed by atoms with Crippen molar-refractivity contribution in [1.82, 2.24) is 14.8 Å². The molecule has 2 amide bonds. The zero-order chi connectivity index (χ0) is 22.5. The number of ether oxygens (including phenoxy) is 1. The van der Waals surface area contributed by atoms with E-state index in [0.717, 1.165) is 0 Å². The summed E-state index contributed by atoms with van der Waals surface area (Å²) in [6, 6.07) is 6.13. The number of carbonyl (C=O) groups is 2. The number of amides is 2. The monoisotopic (exact) mass is 447 g/mol. The molecule has 0 saturated carbocycles. The van der Waals surface area contributed by atoms with Gasteiger partial charge in [0, 0.05) is 44.8 Å². The molecule has 0 spiro atoms. The van der Waals surface area contributed by atoms with Crippen molar-refractivity contribution in [1.29, 1.82) is 0 Å². The zero-order valence-corrected chi connectivity index (χ0v) is 18.2. The smallest absolute Gasteiger partial charge is 0.257 e. The molecule has 4 rings (SSSR count). The number of aromatic nitrogens is 1. The highest BCUT2D eigenvalue weighted by Gasteiger charge is 2.46. The minimum atomic E-state index is -1.39. The fraction of sp³-hybridized carbons (Fsp3) is 0.409. The van der Waals surface area contributed by atoms with Crippen molar-refractivity contribution in [3.8, 4) is 0 Å². The first-order chi connectivity index (χ1) is 14.6. The number of halogens is 2. The van der Waals surface area contributed by atoms with Gasteiger partial charge in [-0.2, -0.15) is 0 Å². The third kappa shape index (κ3) is 3.69. The highest BCUT2D eigenvalue weighted by Crippen LogP contribution is 2.42. The van der Waals surface area contributed by atoms with Gasteiger partial charge in [-0.3, -0.25) is 14.6 Å². The first-order valence-corrected chi connectivity index (χ1v) is 10.3. The summed E-state index contributed by atoms with van der Waals surface area (Å²) in [7, 11) is 1.41. The summed E-state index contributed by atoms with van der Waals surface area (Å²) in [5, 5.41) is 11.6. The SMILES string of the molecule is COC1c2c(F)cc(C(C)(O)C3CN(C(C)=O)C3)cc2C(=O)N1Cc1ccc(Cl)cn1. The number of rotatable bonds is 5. The normalized spacial score (nSPS) is 20.5. The van der Waals surface area contributed by atoms with E-state index in [1.54, 1.807) is 24.0 Å². The summed E-state index contributed by atoms with van der Waals surface area (Å²) in [4.78, 5) is 31.8. The second-order valence-electron chi connectivity index (χ2n) is 8.18. The Morgan fingerprint density at radius 3 is 2.68 bits per heavy atom. The molecular weight excluding hydrogens is 425 g/mol. The van der Waals surface area contributed by atoms with Crippen LogP contribution in [0.3, 0.4) is 0 Å². The van der Waals surface area contributed by atoms with Crippen molar-refractivity contribution in [2.75, 3.05) is 20.2 Å². The molecule has 0 aliphatic carbocycles. The molecule has 2 aliphatic heterocycles. The van der Waals surface area contributed by atoms with Gasteiger partial charge >= 0.3 is 0 Å². The number of carbonyl (C=O) groups excluding carboxylic acids is 2. The van der Waals surface area contributed by atoms with Gasteiger partial charge < -0.3 is 19.6 Å². The number of aliphatic hydroxyl groups is 1. The van der Waals surface area contributed by atoms with E-state index >= 15 is 4.39 Å². The number of likely N-dealkylation sites (tertiary alicyclic amines) is 1. The lowest BCUT2D eigenvalue weighted by molar-refractivity contribution is -0.144. The van der Waals surface area contributed by atoms with Crippen molar-refractivity contribution in [2.24, 2.45) is 5.92 Å². The predicted octanol–water partition coefficient (Wildman–Crippen LogP) is 2.86. The van der Waals surface area contributed by atoms with Crippen LogP contribution in [0.1, 0.15) is 47.3 Å². The van der Waals surface area contributed by atoms with Crippen LogP contribution in [-0.4, -0.2) is 51.9 Å². The third-order valence-electron chi connectivity index (χ3n) is 6.20. The van der Waals surface area contributed by atoms with E-state index in [9.17, 15) is 14.7 Å². The molecule has 2 unspecified atom stereocenters. The number of benzene rings is 1. The van der Waals surface area contributed by atoms with Crippen LogP contribution < -0.4 is 0 Å². The highest BCUT2D eigenvalue weighted by atomic mass is 35.5. The first-order valence-electron chi connectivity index (χ1n) is 9.89. The summed E-state index contributed by atoms with van der Waals surface area (Å²) >= 11 is 5.87. The van der Waals surface area contributed by atoms with Crippen LogP contribution in [-0.2, 0) is 21.7 Å². The van der Waals surface area contributed by atoms with Gasteiger partial charge in [0.25, 0.3) is 5.91 Å². The molecule has 31 heavy (non-hydrogen) atoms. The van der Waals surface area contributed by atoms with Crippen LogP contribution in [0, 0.1) is 11.7 Å². The Morgan fingerprint density at radius 1 is 1.39 bits per heavy atom. The lowest BCUT2D eigenvalue weighted by Gasteiger charge is -2.46. The molecule has 2 atom stereocenters. The van der Waals surface area contributed by atoms with Gasteiger partial charge in [0.05, 0.1) is 28.4 Å². The molecule has 1 aromatic carbocycles. The van der Waals surface area contributed by atoms with Crippen LogP contribution in [0.25, 0.3) is 0 Å². The summed E-state index contributed by atoms with van der Waals surface area (Å²) in [5.41, 5.74) is -0.222. The van der Waals surface area contributed by atoms with Crippen LogP contribution in [0.5, 0.6) is 0 Å². The minimum Gasteiger partial charge on any atom is -0.385 e. The Labute approximate surface area is 184 Å². The molecule has 164 valence electrons. The molecule has 3 heterocycles. The number of pyridine rings is 1. The van der Waals surface area contributed by atoms with Crippen molar-refractivity contribution in [2.45, 2.75) is 32.2 Å². The van der Waals surface area contributed by atoms with Crippen LogP contribution >= 0.6 is 11.6 Å². The fourth-order valence-corrected chi connectivity index (χ4v) is 4.27. The third-order valence-corrected chi connectivity index (χ3v) is 6.42. The Morgan fingerprint density at radius 2 is 2.10 bits per heavy atom. The first kappa shape index (κ1) is 21.7. The average Bonchev–Trinajstić information content (AvgIpc) is 2.94. The average molecular weight is 448 g/mol. The van der Waals surface area contributed by atoms with Gasteiger partial charge in [-0.25, -0.2) is 4.39 Å². The molecule has 1 N–H and O–H groups in total. The number of methoxy groups -OCH3 is 1. The maximum Gasteiger partial charge on any atom is 0.257 e. The highest BCUT2D eigenvalue weighted by molar-refractivity contribution is 6.30. The van der Waals surface area contributed by atoms with Gasteiger partial charge in [-0.1, -0.05) is 11.6 Å². The van der Waals surface area contributed by atoms with Crippen molar-refractivity contribution in [3.05, 3.63) is 63.7 Å². The van der Waals surface area contributed by atoms with E-state index in [4.69, 9.17) is 16.3 Å². The van der Waals surface area contributed by atoms with E-state index < -0.39 is 23.6 Å². The van der Waals surface area contributed by atoms with Crippen molar-refractivity contribution in [3.63, 3.8) is 0 Å². The zero-order valence-electron chi connectivity index (χ0n) is 17.4. The van der Waals surface area contributed by atoms with Crippen molar-refractivity contribution < 1.29 is 23.8 Å². The Bertz CT molecular complexity index is 1040. The van der Waals surface area contributed by atoms with Crippen molar-refractivity contribution >= 4 is 23.4 Å². The van der Waals surface area contributed by atoms with Gasteiger partial charge in [0.15, 0.2) is 6.23 Å². The second-order valence-corrected chi connectivity index (χ2v) is 8.61. The quantitative estimate of drug-likeness (QED) is 0.762. The summed E-state index contributed by atoms with van der Waals surface area (Å²) in [6.45, 7) is 3.92. The van der Waals surface area contributed by atoms with Gasteiger partial charge in [0.1, 0.15) is 5.82 Å². The molecular formula is C22H23ClFN3O4. The molecule has 1 aromatic heterocycles.